The first-order valence-electron chi connectivity index (χ1n) is 8.04. The van der Waals surface area contributed by atoms with Gasteiger partial charge < -0.3 is 16.0 Å². The highest BCUT2D eigenvalue weighted by molar-refractivity contribution is 6.07. The van der Waals surface area contributed by atoms with Crippen LogP contribution in [0.2, 0.25) is 0 Å². The Morgan fingerprint density at radius 1 is 1.23 bits per heavy atom. The predicted octanol–water partition coefficient (Wildman–Crippen LogP) is 2.81. The molecule has 0 saturated carbocycles. The van der Waals surface area contributed by atoms with Crippen LogP contribution in [-0.4, -0.2) is 29.9 Å². The van der Waals surface area contributed by atoms with Crippen LogP contribution >= 0.6 is 24.8 Å². The van der Waals surface area contributed by atoms with Crippen molar-refractivity contribution < 1.29 is 9.59 Å². The second kappa shape index (κ2) is 10.1. The van der Waals surface area contributed by atoms with Crippen molar-refractivity contribution in [1.29, 1.82) is 0 Å². The maximum absolute atomic E-state index is 12.6. The van der Waals surface area contributed by atoms with Crippen LogP contribution < -0.4 is 16.0 Å². The minimum atomic E-state index is -0.0541. The van der Waals surface area contributed by atoms with Gasteiger partial charge in [0.25, 0.3) is 5.91 Å². The fraction of sp³-hybridized carbons (Fsp3) is 0.278. The van der Waals surface area contributed by atoms with E-state index in [-0.39, 0.29) is 36.6 Å². The highest BCUT2D eigenvalue weighted by atomic mass is 35.5. The van der Waals surface area contributed by atoms with E-state index in [4.69, 9.17) is 5.73 Å². The zero-order chi connectivity index (χ0) is 16.9. The van der Waals surface area contributed by atoms with E-state index in [2.05, 4.69) is 10.3 Å². The molecule has 3 N–H and O–H groups in total. The molecule has 2 amide bonds. The molecule has 3 rings (SSSR count). The number of fused-ring (bicyclic) bond motifs is 1. The van der Waals surface area contributed by atoms with Crippen LogP contribution in [0.4, 0.5) is 11.4 Å². The number of nitrogens with zero attached hydrogens (tertiary/aromatic N) is 2. The minimum absolute atomic E-state index is 0. The first-order valence-corrected chi connectivity index (χ1v) is 8.04. The number of hydrogen-bond acceptors (Lipinski definition) is 4. The summed E-state index contributed by atoms with van der Waals surface area (Å²) in [4.78, 5) is 30.1. The summed E-state index contributed by atoms with van der Waals surface area (Å²) in [5, 5.41) is 2.87. The average Bonchev–Trinajstić information content (AvgIpc) is 3.03. The van der Waals surface area contributed by atoms with E-state index in [0.717, 1.165) is 23.4 Å². The lowest BCUT2D eigenvalue weighted by Gasteiger charge is -2.17. The van der Waals surface area contributed by atoms with Crippen molar-refractivity contribution in [3.8, 4) is 0 Å². The van der Waals surface area contributed by atoms with Crippen molar-refractivity contribution in [2.24, 2.45) is 5.73 Å². The Morgan fingerprint density at radius 2 is 2.04 bits per heavy atom. The number of nitrogens with one attached hydrogen (secondary N) is 1. The Bertz CT molecular complexity index is 756. The number of nitrogens with two attached hydrogens (primary N) is 1. The number of carbonyl (C=O) groups excluding carboxylic acids is 2. The van der Waals surface area contributed by atoms with Gasteiger partial charge in [0.05, 0.1) is 5.56 Å². The van der Waals surface area contributed by atoms with Crippen LogP contribution in [0, 0.1) is 0 Å². The first kappa shape index (κ1) is 21.9. The predicted molar refractivity (Wildman–Crippen MR) is 107 cm³/mol. The maximum Gasteiger partial charge on any atom is 0.259 e. The van der Waals surface area contributed by atoms with E-state index in [9.17, 15) is 9.59 Å². The van der Waals surface area contributed by atoms with Crippen LogP contribution in [-0.2, 0) is 11.2 Å². The summed E-state index contributed by atoms with van der Waals surface area (Å²) in [5.41, 5.74) is 8.69. The van der Waals surface area contributed by atoms with Crippen LogP contribution in [0.1, 0.15) is 28.8 Å². The first-order chi connectivity index (χ1) is 11.7. The number of rotatable bonds is 5. The van der Waals surface area contributed by atoms with Crippen molar-refractivity contribution in [3.05, 3.63) is 53.9 Å². The van der Waals surface area contributed by atoms with E-state index in [1.165, 1.54) is 0 Å². The molecule has 0 fully saturated rings. The van der Waals surface area contributed by atoms with Crippen molar-refractivity contribution in [3.63, 3.8) is 0 Å². The number of amides is 2. The van der Waals surface area contributed by atoms with Gasteiger partial charge in [-0.25, -0.2) is 0 Å². The summed E-state index contributed by atoms with van der Waals surface area (Å²) in [6.45, 7) is 1.14. The lowest BCUT2D eigenvalue weighted by atomic mass is 10.1. The standard InChI is InChI=1S/C18H20N4O2.2ClH/c19-8-1-4-17(23)21-15-5-6-16-13(11-15)7-10-22(16)18(24)14-3-2-9-20-12-14;;/h2-3,5-6,9,11-12H,1,4,7-8,10,19H2,(H,21,23);2*1H. The SMILES string of the molecule is Cl.Cl.NCCCC(=O)Nc1ccc2c(c1)CCN2C(=O)c1cccnc1. The van der Waals surface area contributed by atoms with Gasteiger partial charge in [-0.15, -0.1) is 24.8 Å². The molecular formula is C18H22Cl2N4O2. The van der Waals surface area contributed by atoms with Crippen molar-refractivity contribution in [2.75, 3.05) is 23.3 Å². The number of anilines is 2. The molecule has 0 saturated heterocycles. The molecule has 1 aromatic carbocycles. The molecule has 6 nitrogen and oxygen atoms in total. The molecule has 1 aliphatic rings. The van der Waals surface area contributed by atoms with Crippen molar-refractivity contribution in [1.82, 2.24) is 4.98 Å². The number of carbonyl (C=O) groups is 2. The molecule has 0 aliphatic carbocycles. The van der Waals surface area contributed by atoms with Crippen LogP contribution in [0.25, 0.3) is 0 Å². The smallest absolute Gasteiger partial charge is 0.259 e. The fourth-order valence-electron chi connectivity index (χ4n) is 2.82. The van der Waals surface area contributed by atoms with Gasteiger partial charge in [0.2, 0.25) is 5.91 Å². The van der Waals surface area contributed by atoms with E-state index < -0.39 is 0 Å². The highest BCUT2D eigenvalue weighted by Gasteiger charge is 2.25. The zero-order valence-corrected chi connectivity index (χ0v) is 15.8. The second-order valence-electron chi connectivity index (χ2n) is 5.73. The van der Waals surface area contributed by atoms with Gasteiger partial charge in [0.1, 0.15) is 0 Å². The Kier molecular flexibility index (Phi) is 8.51. The van der Waals surface area contributed by atoms with Crippen molar-refractivity contribution >= 4 is 48.0 Å². The van der Waals surface area contributed by atoms with Crippen LogP contribution in [0.3, 0.4) is 0 Å². The lowest BCUT2D eigenvalue weighted by molar-refractivity contribution is -0.116. The zero-order valence-electron chi connectivity index (χ0n) is 14.2. The van der Waals surface area contributed by atoms with Gasteiger partial charge in [-0.2, -0.15) is 0 Å². The summed E-state index contributed by atoms with van der Waals surface area (Å²) < 4.78 is 0. The molecule has 1 aromatic heterocycles. The molecule has 0 atom stereocenters. The normalized spacial score (nSPS) is 11.8. The quantitative estimate of drug-likeness (QED) is 0.812. The summed E-state index contributed by atoms with van der Waals surface area (Å²) in [6, 6.07) is 9.17. The monoisotopic (exact) mass is 396 g/mol. The Balaban J connectivity index is 0.00000169. The van der Waals surface area contributed by atoms with Gasteiger partial charge in [0.15, 0.2) is 0 Å². The highest BCUT2D eigenvalue weighted by Crippen LogP contribution is 2.31. The summed E-state index contributed by atoms with van der Waals surface area (Å²) >= 11 is 0. The molecule has 2 aromatic rings. The van der Waals surface area contributed by atoms with Crippen LogP contribution in [0.5, 0.6) is 0 Å². The molecule has 0 unspecified atom stereocenters. The Labute approximate surface area is 165 Å². The molecule has 0 bridgehead atoms. The topological polar surface area (TPSA) is 88.3 Å². The molecule has 140 valence electrons. The summed E-state index contributed by atoms with van der Waals surface area (Å²) in [7, 11) is 0. The third kappa shape index (κ3) is 4.94. The number of halogens is 2. The van der Waals surface area contributed by atoms with Gasteiger partial charge >= 0.3 is 0 Å². The van der Waals surface area contributed by atoms with Crippen molar-refractivity contribution in [2.45, 2.75) is 19.3 Å². The third-order valence-electron chi connectivity index (χ3n) is 4.02. The van der Waals surface area contributed by atoms with Gasteiger partial charge in [0, 0.05) is 36.7 Å². The Morgan fingerprint density at radius 3 is 2.73 bits per heavy atom. The molecule has 8 heteroatoms. The lowest BCUT2D eigenvalue weighted by Crippen LogP contribution is -2.28. The summed E-state index contributed by atoms with van der Waals surface area (Å²) in [5.74, 6) is -0.0942. The number of aromatic nitrogens is 1. The van der Waals surface area contributed by atoms with Gasteiger partial charge in [-0.1, -0.05) is 0 Å². The summed E-state index contributed by atoms with van der Waals surface area (Å²) in [6.07, 6.45) is 5.08. The maximum atomic E-state index is 12.6. The number of pyridine rings is 1. The van der Waals surface area contributed by atoms with Gasteiger partial charge in [-0.3, -0.25) is 14.6 Å². The molecule has 1 aliphatic heterocycles. The van der Waals surface area contributed by atoms with E-state index in [1.54, 1.807) is 29.4 Å². The number of hydrogen-bond donors (Lipinski definition) is 2. The molecule has 0 spiro atoms. The Hall–Kier alpha value is -2.15. The molecule has 2 heterocycles. The molecular weight excluding hydrogens is 375 g/mol. The largest absolute Gasteiger partial charge is 0.330 e. The van der Waals surface area contributed by atoms with E-state index in [1.807, 2.05) is 18.2 Å². The van der Waals surface area contributed by atoms with Gasteiger partial charge in [-0.05, 0) is 55.3 Å². The molecule has 0 radical (unpaired) electrons. The van der Waals surface area contributed by atoms with E-state index >= 15 is 0 Å². The third-order valence-corrected chi connectivity index (χ3v) is 4.02. The number of benzene rings is 1. The molecule has 26 heavy (non-hydrogen) atoms. The minimum Gasteiger partial charge on any atom is -0.330 e. The fourth-order valence-corrected chi connectivity index (χ4v) is 2.82. The van der Waals surface area contributed by atoms with Crippen LogP contribution in [0.15, 0.2) is 42.7 Å². The van der Waals surface area contributed by atoms with E-state index in [0.29, 0.717) is 31.5 Å². The second-order valence-corrected chi connectivity index (χ2v) is 5.73. The average molecular weight is 397 g/mol.